The van der Waals surface area contributed by atoms with Gasteiger partial charge in [-0.15, -0.1) is 0 Å². The topological polar surface area (TPSA) is 336 Å². The third-order valence-corrected chi connectivity index (χ3v) is 0. The van der Waals surface area contributed by atoms with Crippen LogP contribution in [0.4, 0.5) is 0 Å². The Morgan fingerprint density at radius 2 is 0.0652 bits per heavy atom. The molecule has 0 heterocycles. The summed E-state index contributed by atoms with van der Waals surface area (Å²) in [5.41, 5.74) is 0. The summed E-state index contributed by atoms with van der Waals surface area (Å²) in [4.78, 5) is 0. The smallest absolute Gasteiger partial charge is 1.00 e. The van der Waals surface area contributed by atoms with E-state index in [-0.39, 0.29) is 934 Å². The van der Waals surface area contributed by atoms with Crippen molar-refractivity contribution in [2.75, 3.05) is 0 Å². The second kappa shape index (κ2) is 571. The summed E-state index contributed by atoms with van der Waals surface area (Å²) in [5, 5.41) is 0. The third-order valence-electron chi connectivity index (χ3n) is 0. The van der Waals surface area contributed by atoms with Crippen molar-refractivity contribution < 1.29 is 867 Å². The molecule has 0 aliphatic carbocycles. The zero-order valence-corrected chi connectivity index (χ0v) is 95.2. The van der Waals surface area contributed by atoms with Gasteiger partial charge in [-0.25, -0.2) is 0 Å². The summed E-state index contributed by atoms with van der Waals surface area (Å²) in [7, 11) is 0. The average Bonchev–Trinajstić information content (AvgIpc) is 0. The maximum Gasteiger partial charge on any atom is 3.00 e. The third kappa shape index (κ3) is 546. The van der Waals surface area contributed by atoms with Crippen LogP contribution in [0.1, 0.15) is 0 Å². The van der Waals surface area contributed by atoms with Crippen molar-refractivity contribution in [3.8, 4) is 0 Å². The largest absolute Gasteiger partial charge is 3.00 e. The molecule has 0 aromatic carbocycles. The van der Waals surface area contributed by atoms with Gasteiger partial charge in [0.05, 0.1) is 0 Å². The van der Waals surface area contributed by atoms with Gasteiger partial charge >= 0.3 is 119 Å². The number of halogens is 34. The molecule has 0 saturated heterocycles. The molecular weight excluding hydrogens is 4510 g/mol. The van der Waals surface area contributed by atoms with E-state index in [4.69, 9.17) is 0 Å². The van der Waals surface area contributed by atoms with Gasteiger partial charge in [-0.05, 0) is 0 Å². The van der Waals surface area contributed by atoms with Crippen molar-refractivity contribution in [1.29, 1.82) is 0 Å². The second-order valence-electron chi connectivity index (χ2n) is 0. The Labute approximate surface area is 905 Å². The second-order valence-corrected chi connectivity index (χ2v) is 0. The minimum Gasteiger partial charge on any atom is -1.00 e. The van der Waals surface area contributed by atoms with Crippen LogP contribution >= 0.6 is 0 Å². The molecular formula is I34KN11. The van der Waals surface area contributed by atoms with Crippen LogP contribution in [0, 0.1) is 0 Å². The first-order valence-corrected chi connectivity index (χ1v) is 0. The molecule has 0 N–H and O–H groups in total. The minimum atomic E-state index is 0. The summed E-state index contributed by atoms with van der Waals surface area (Å²) in [6, 6.07) is 0. The molecule has 0 spiro atoms. The minimum absolute atomic E-state index is 0. The zero-order valence-electron chi connectivity index (χ0n) is 18.8. The van der Waals surface area contributed by atoms with Crippen LogP contribution in [0.25, 0.3) is 0 Å². The summed E-state index contributed by atoms with van der Waals surface area (Å²) in [6.45, 7) is 0. The Morgan fingerprint density at radius 1 is 0.0652 bits per heavy atom. The Balaban J connectivity index is 0. The Hall–Kier alpha value is 23.3. The molecule has 46 heavy (non-hydrogen) atoms. The first kappa shape index (κ1) is 596. The van der Waals surface area contributed by atoms with E-state index in [0.29, 0.717) is 0 Å². The zero-order chi connectivity index (χ0) is 0. The van der Waals surface area contributed by atoms with E-state index < -0.39 is 0 Å². The molecule has 294 valence electrons. The quantitative estimate of drug-likeness (QED) is 0.161. The van der Waals surface area contributed by atoms with Crippen molar-refractivity contribution in [2.45, 2.75) is 0 Å². The van der Waals surface area contributed by atoms with E-state index in [9.17, 15) is 0 Å². The Bertz CT molecular complexity index is 43.1. The molecule has 0 atom stereocenters. The average molecular weight is 4510 g/mol. The molecule has 0 fully saturated rings. The van der Waals surface area contributed by atoms with Crippen molar-refractivity contribution in [3.63, 3.8) is 0 Å². The van der Waals surface area contributed by atoms with Gasteiger partial charge in [-0.2, -0.15) is 0 Å². The maximum absolute atomic E-state index is 0. The standard InChI is InChI=1S/34HI.K.11N/h34*1H;;;;;;;;;;;;/q;;;;;;;;;;;;;;;;;;;;;;;;;;;;;;;;;;+1;11*+3/p-34. The Morgan fingerprint density at radius 3 is 0.0652 bits per heavy atom. The SMILES string of the molecule is [I-].[I-].[I-].[I-].[I-].[I-].[I-].[I-].[I-].[I-].[I-].[I-].[I-].[I-].[I-].[I-].[I-].[I-].[I-].[I-].[I-].[I-].[I-].[I-].[I-].[I-].[I-].[I-].[I-].[I-].[I-].[I-].[I-].[I-].[K+].[N+3].[N+3].[N+3].[N+3].[N+3].[N+3].[N+3].[N+3].[N+3].[N+3].[N+3]. The number of hydrogen-bond acceptors (Lipinski definition) is 0. The fraction of sp³-hybridized carbons (Fsp3) is 0. The van der Waals surface area contributed by atoms with Gasteiger partial charge < -0.3 is 815 Å². The van der Waals surface area contributed by atoms with Crippen molar-refractivity contribution in [3.05, 3.63) is 0 Å². The molecule has 0 aromatic heterocycles. The van der Waals surface area contributed by atoms with Gasteiger partial charge in [0.15, 0.2) is 0 Å². The summed E-state index contributed by atoms with van der Waals surface area (Å²) in [5.74, 6) is 0. The Kier molecular flexibility index (Phi) is 7400. The van der Waals surface area contributed by atoms with E-state index in [1.165, 1.54) is 0 Å². The van der Waals surface area contributed by atoms with Crippen molar-refractivity contribution in [1.82, 2.24) is 67.7 Å². The van der Waals surface area contributed by atoms with Gasteiger partial charge in [-0.1, -0.05) is 0 Å². The molecule has 46 heteroatoms. The monoisotopic (exact) mass is 4510 g/mol. The number of nitrogens with zero attached hydrogens (tertiary/aromatic N) is 11. The first-order chi connectivity index (χ1) is 0. The normalized spacial score (nSPS) is 0. The predicted octanol–water partition coefficient (Wildman–Crippen LogP) is -110. The molecule has 0 amide bonds. The van der Waals surface area contributed by atoms with Crippen LogP contribution in [0.2, 0.25) is 0 Å². The van der Waals surface area contributed by atoms with Crippen LogP contribution < -0.4 is 934 Å². The van der Waals surface area contributed by atoms with E-state index in [2.05, 4.69) is 0 Å². The van der Waals surface area contributed by atoms with Crippen molar-refractivity contribution >= 4 is 0 Å². The summed E-state index contributed by atoms with van der Waals surface area (Å²) < 4.78 is 0. The molecule has 22 radical (unpaired) electrons. The van der Waals surface area contributed by atoms with Crippen LogP contribution in [0.3, 0.4) is 0 Å². The number of rotatable bonds is 0. The fourth-order valence-corrected chi connectivity index (χ4v) is 0. The molecule has 0 rings (SSSR count). The van der Waals surface area contributed by atoms with Crippen LogP contribution in [0.15, 0.2) is 0 Å². The molecule has 11 nitrogen and oxygen atoms in total. The molecule has 0 aromatic rings. The van der Waals surface area contributed by atoms with Gasteiger partial charge in [0.2, 0.25) is 0 Å². The van der Waals surface area contributed by atoms with E-state index in [1.54, 1.807) is 0 Å². The van der Waals surface area contributed by atoms with Gasteiger partial charge in [0.25, 0.3) is 0 Å². The molecule has 0 unspecified atom stereocenters. The number of hydrogen-bond donors (Lipinski definition) is 0. The van der Waals surface area contributed by atoms with E-state index in [1.807, 2.05) is 0 Å². The fourth-order valence-electron chi connectivity index (χ4n) is 0. The maximum atomic E-state index is 0. The van der Waals surface area contributed by atoms with Gasteiger partial charge in [0, 0.05) is 0 Å². The molecule has 0 saturated carbocycles. The van der Waals surface area contributed by atoms with Crippen LogP contribution in [-0.2, 0) is 0 Å². The van der Waals surface area contributed by atoms with Gasteiger partial charge in [-0.3, -0.25) is 0 Å². The first-order valence-electron chi connectivity index (χ1n) is 0. The van der Waals surface area contributed by atoms with Crippen LogP contribution in [0.5, 0.6) is 0 Å². The van der Waals surface area contributed by atoms with E-state index >= 15 is 0 Å². The molecule has 0 aliphatic heterocycles. The predicted molar refractivity (Wildman–Crippen MR) is 23.5 cm³/mol. The molecule has 0 aliphatic rings. The van der Waals surface area contributed by atoms with Crippen LogP contribution in [-0.4, -0.2) is 0 Å². The molecule has 0 bridgehead atoms. The van der Waals surface area contributed by atoms with Crippen molar-refractivity contribution in [2.24, 2.45) is 0 Å². The van der Waals surface area contributed by atoms with Gasteiger partial charge in [0.1, 0.15) is 0 Å². The van der Waals surface area contributed by atoms with E-state index in [0.717, 1.165) is 0 Å². The summed E-state index contributed by atoms with van der Waals surface area (Å²) >= 11 is 0. The summed E-state index contributed by atoms with van der Waals surface area (Å²) in [6.07, 6.45) is 0.